The van der Waals surface area contributed by atoms with Crippen LogP contribution in [0.2, 0.25) is 0 Å². The fraction of sp³-hybridized carbons (Fsp3) is 1.00. The predicted octanol–water partition coefficient (Wildman–Crippen LogP) is -1.28. The van der Waals surface area contributed by atoms with Crippen molar-refractivity contribution in [2.24, 2.45) is 5.92 Å². The normalized spacial score (nSPS) is 46.1. The average Bonchev–Trinajstić information content (AvgIpc) is 1.81. The zero-order valence-corrected chi connectivity index (χ0v) is 4.49. The molecule has 0 amide bonds. The van der Waals surface area contributed by atoms with E-state index in [1.54, 1.807) is 0 Å². The second-order valence-electron chi connectivity index (χ2n) is 2.24. The Bertz CT molecular complexity index is 83.7. The molecule has 3 heteroatoms. The van der Waals surface area contributed by atoms with Crippen LogP contribution < -0.4 is 0 Å². The molecule has 2 unspecified atom stereocenters. The number of hydrogen-bond acceptors (Lipinski definition) is 3. The molecule has 0 bridgehead atoms. The van der Waals surface area contributed by atoms with Gasteiger partial charge < -0.3 is 15.3 Å². The third-order valence-electron chi connectivity index (χ3n) is 1.66. The highest BCUT2D eigenvalue weighted by Crippen LogP contribution is 2.26. The standard InChI is InChI=1S/C5H10O3/c6-2-3-1-4(7)5(3)8/h3-8H,1-2H2/t3?,4?,5-/m0/s1. The number of hydrogen-bond donors (Lipinski definition) is 3. The summed E-state index contributed by atoms with van der Waals surface area (Å²) in [5.74, 6) is -0.0787. The quantitative estimate of drug-likeness (QED) is 0.402. The SMILES string of the molecule is OCC1CC(O)[C@H]1O. The molecule has 0 aromatic heterocycles. The van der Waals surface area contributed by atoms with E-state index in [1.807, 2.05) is 0 Å². The summed E-state index contributed by atoms with van der Waals surface area (Å²) in [6.07, 6.45) is -0.732. The van der Waals surface area contributed by atoms with E-state index in [2.05, 4.69) is 0 Å². The van der Waals surface area contributed by atoms with E-state index in [9.17, 15) is 0 Å². The fourth-order valence-electron chi connectivity index (χ4n) is 0.890. The number of rotatable bonds is 1. The minimum atomic E-state index is -0.681. The van der Waals surface area contributed by atoms with Crippen LogP contribution >= 0.6 is 0 Å². The van der Waals surface area contributed by atoms with E-state index in [0.717, 1.165) is 0 Å². The Hall–Kier alpha value is -0.120. The van der Waals surface area contributed by atoms with Gasteiger partial charge in [-0.3, -0.25) is 0 Å². The van der Waals surface area contributed by atoms with Crippen LogP contribution in [0.4, 0.5) is 0 Å². The van der Waals surface area contributed by atoms with E-state index in [4.69, 9.17) is 15.3 Å². The molecule has 0 saturated heterocycles. The third-order valence-corrected chi connectivity index (χ3v) is 1.66. The summed E-state index contributed by atoms with van der Waals surface area (Å²) in [7, 11) is 0. The van der Waals surface area contributed by atoms with Crippen molar-refractivity contribution in [3.05, 3.63) is 0 Å². The molecule has 1 rings (SSSR count). The summed E-state index contributed by atoms with van der Waals surface area (Å²) >= 11 is 0. The van der Waals surface area contributed by atoms with Crippen molar-refractivity contribution in [2.45, 2.75) is 18.6 Å². The molecule has 1 fully saturated rings. The van der Waals surface area contributed by atoms with E-state index in [1.165, 1.54) is 0 Å². The van der Waals surface area contributed by atoms with Gasteiger partial charge in [0.25, 0.3) is 0 Å². The van der Waals surface area contributed by atoms with Gasteiger partial charge in [0.05, 0.1) is 12.2 Å². The van der Waals surface area contributed by atoms with Gasteiger partial charge in [-0.25, -0.2) is 0 Å². The minimum absolute atomic E-state index is 0.0156. The van der Waals surface area contributed by atoms with Gasteiger partial charge in [-0.1, -0.05) is 0 Å². The summed E-state index contributed by atoms with van der Waals surface area (Å²) < 4.78 is 0. The minimum Gasteiger partial charge on any atom is -0.396 e. The van der Waals surface area contributed by atoms with Crippen molar-refractivity contribution in [3.63, 3.8) is 0 Å². The molecule has 8 heavy (non-hydrogen) atoms. The lowest BCUT2D eigenvalue weighted by Gasteiger charge is -2.36. The van der Waals surface area contributed by atoms with E-state index >= 15 is 0 Å². The first kappa shape index (κ1) is 6.01. The summed E-state index contributed by atoms with van der Waals surface area (Å²) in [5, 5.41) is 25.8. The maximum atomic E-state index is 8.77. The molecule has 1 saturated carbocycles. The molecule has 3 atom stereocenters. The highest BCUT2D eigenvalue weighted by atomic mass is 16.3. The smallest absolute Gasteiger partial charge is 0.0850 e. The van der Waals surface area contributed by atoms with Crippen LogP contribution in [-0.4, -0.2) is 34.1 Å². The topological polar surface area (TPSA) is 60.7 Å². The summed E-state index contributed by atoms with van der Waals surface area (Å²) in [5.41, 5.74) is 0. The predicted molar refractivity (Wildman–Crippen MR) is 27.2 cm³/mol. The second-order valence-corrected chi connectivity index (χ2v) is 2.24. The zero-order chi connectivity index (χ0) is 6.15. The highest BCUT2D eigenvalue weighted by molar-refractivity contribution is 4.88. The van der Waals surface area contributed by atoms with Gasteiger partial charge >= 0.3 is 0 Å². The monoisotopic (exact) mass is 118 g/mol. The van der Waals surface area contributed by atoms with Gasteiger partial charge in [-0.2, -0.15) is 0 Å². The Kier molecular flexibility index (Phi) is 1.51. The average molecular weight is 118 g/mol. The summed E-state index contributed by atoms with van der Waals surface area (Å²) in [4.78, 5) is 0. The van der Waals surface area contributed by atoms with Crippen LogP contribution in [0.5, 0.6) is 0 Å². The molecular weight excluding hydrogens is 108 g/mol. The van der Waals surface area contributed by atoms with Crippen LogP contribution in [0, 0.1) is 5.92 Å². The molecular formula is C5H10O3. The van der Waals surface area contributed by atoms with Crippen molar-refractivity contribution in [3.8, 4) is 0 Å². The van der Waals surface area contributed by atoms with Crippen LogP contribution in [0.1, 0.15) is 6.42 Å². The van der Waals surface area contributed by atoms with Crippen molar-refractivity contribution in [2.75, 3.05) is 6.61 Å². The summed E-state index contributed by atoms with van der Waals surface area (Å²) in [6, 6.07) is 0. The molecule has 3 nitrogen and oxygen atoms in total. The summed E-state index contributed by atoms with van der Waals surface area (Å²) in [6.45, 7) is -0.0156. The van der Waals surface area contributed by atoms with Crippen molar-refractivity contribution >= 4 is 0 Å². The third kappa shape index (κ3) is 0.727. The first-order chi connectivity index (χ1) is 3.75. The van der Waals surface area contributed by atoms with E-state index in [0.29, 0.717) is 6.42 Å². The van der Waals surface area contributed by atoms with Gasteiger partial charge in [0.2, 0.25) is 0 Å². The Morgan fingerprint density at radius 1 is 1.38 bits per heavy atom. The van der Waals surface area contributed by atoms with Gasteiger partial charge in [-0.15, -0.1) is 0 Å². The van der Waals surface area contributed by atoms with Crippen molar-refractivity contribution in [1.29, 1.82) is 0 Å². The first-order valence-corrected chi connectivity index (χ1v) is 2.72. The lowest BCUT2D eigenvalue weighted by molar-refractivity contribution is -0.116. The first-order valence-electron chi connectivity index (χ1n) is 2.72. The van der Waals surface area contributed by atoms with E-state index < -0.39 is 12.2 Å². The lowest BCUT2D eigenvalue weighted by atomic mass is 9.80. The Morgan fingerprint density at radius 3 is 2.12 bits per heavy atom. The Balaban J connectivity index is 2.25. The molecule has 3 N–H and O–H groups in total. The molecule has 0 aliphatic heterocycles. The highest BCUT2D eigenvalue weighted by Gasteiger charge is 2.37. The van der Waals surface area contributed by atoms with Crippen LogP contribution in [0.3, 0.4) is 0 Å². The number of aliphatic hydroxyl groups excluding tert-OH is 3. The van der Waals surface area contributed by atoms with Crippen LogP contribution in [0.15, 0.2) is 0 Å². The van der Waals surface area contributed by atoms with Gasteiger partial charge in [0, 0.05) is 12.5 Å². The Morgan fingerprint density at radius 2 is 2.00 bits per heavy atom. The molecule has 1 aliphatic carbocycles. The fourth-order valence-corrected chi connectivity index (χ4v) is 0.890. The molecule has 48 valence electrons. The molecule has 0 heterocycles. The maximum Gasteiger partial charge on any atom is 0.0850 e. The maximum absolute atomic E-state index is 8.77. The van der Waals surface area contributed by atoms with Crippen LogP contribution in [0.25, 0.3) is 0 Å². The molecule has 0 aromatic rings. The second kappa shape index (κ2) is 2.01. The number of aliphatic hydroxyl groups is 3. The van der Waals surface area contributed by atoms with Crippen LogP contribution in [-0.2, 0) is 0 Å². The lowest BCUT2D eigenvalue weighted by Crippen LogP contribution is -2.47. The van der Waals surface area contributed by atoms with Gasteiger partial charge in [0.1, 0.15) is 0 Å². The molecule has 0 spiro atoms. The van der Waals surface area contributed by atoms with Gasteiger partial charge in [0.15, 0.2) is 0 Å². The Labute approximate surface area is 47.6 Å². The molecule has 0 aromatic carbocycles. The molecule has 1 aliphatic rings. The van der Waals surface area contributed by atoms with Crippen molar-refractivity contribution < 1.29 is 15.3 Å². The van der Waals surface area contributed by atoms with E-state index in [-0.39, 0.29) is 12.5 Å². The zero-order valence-electron chi connectivity index (χ0n) is 4.49. The van der Waals surface area contributed by atoms with Crippen molar-refractivity contribution in [1.82, 2.24) is 0 Å². The molecule has 0 radical (unpaired) electrons. The largest absolute Gasteiger partial charge is 0.396 e. The van der Waals surface area contributed by atoms with Gasteiger partial charge in [-0.05, 0) is 6.42 Å².